The lowest BCUT2D eigenvalue weighted by Crippen LogP contribution is -2.37. The lowest BCUT2D eigenvalue weighted by Gasteiger charge is -2.31. The maximum atomic E-state index is 12.4. The van der Waals surface area contributed by atoms with Gasteiger partial charge in [-0.25, -0.2) is 4.98 Å². The van der Waals surface area contributed by atoms with E-state index in [9.17, 15) is 9.90 Å². The number of pyridine rings is 1. The fraction of sp³-hybridized carbons (Fsp3) is 0.400. The number of piperidine rings is 1. The summed E-state index contributed by atoms with van der Waals surface area (Å²) in [6.45, 7) is 6.43. The minimum atomic E-state index is -0.0166. The van der Waals surface area contributed by atoms with Gasteiger partial charge in [0.05, 0.1) is 5.02 Å². The Kier molecular flexibility index (Phi) is 5.79. The van der Waals surface area contributed by atoms with Gasteiger partial charge in [-0.2, -0.15) is 0 Å². The zero-order valence-corrected chi connectivity index (χ0v) is 15.9. The van der Waals surface area contributed by atoms with Crippen LogP contribution in [-0.4, -0.2) is 34.0 Å². The number of anilines is 1. The summed E-state index contributed by atoms with van der Waals surface area (Å²) in [5.41, 5.74) is 3.22. The van der Waals surface area contributed by atoms with Crippen LogP contribution in [0.15, 0.2) is 30.5 Å². The highest BCUT2D eigenvalue weighted by atomic mass is 35.5. The summed E-state index contributed by atoms with van der Waals surface area (Å²) in [4.78, 5) is 18.8. The molecule has 5 nitrogen and oxygen atoms in total. The third-order valence-electron chi connectivity index (χ3n) is 5.03. The van der Waals surface area contributed by atoms with Crippen LogP contribution in [0, 0.1) is 19.8 Å². The summed E-state index contributed by atoms with van der Waals surface area (Å²) in [6.07, 6.45) is 3.12. The molecule has 0 unspecified atom stereocenters. The Hall–Kier alpha value is -2.11. The summed E-state index contributed by atoms with van der Waals surface area (Å²) in [5.74, 6) is 0.870. The second kappa shape index (κ2) is 8.06. The van der Waals surface area contributed by atoms with Gasteiger partial charge in [-0.3, -0.25) is 9.69 Å². The Balaban J connectivity index is 1.53. The number of hydrogen-bond donors (Lipinski definition) is 2. The summed E-state index contributed by atoms with van der Waals surface area (Å²) in [6, 6.07) is 7.29. The molecule has 0 aliphatic carbocycles. The number of rotatable bonds is 4. The molecule has 26 heavy (non-hydrogen) atoms. The normalized spacial score (nSPS) is 15.8. The molecule has 2 aromatic rings. The molecule has 0 atom stereocenters. The highest BCUT2D eigenvalue weighted by molar-refractivity contribution is 6.30. The predicted octanol–water partition coefficient (Wildman–Crippen LogP) is 3.91. The SMILES string of the molecule is Cc1cc(O)c(CN2CCC(C(=O)Nc3ccc(Cl)cn3)CC2)cc1C. The van der Waals surface area contributed by atoms with Gasteiger partial charge >= 0.3 is 0 Å². The minimum Gasteiger partial charge on any atom is -0.508 e. The van der Waals surface area contributed by atoms with Crippen molar-refractivity contribution < 1.29 is 9.90 Å². The number of benzene rings is 1. The molecule has 2 N–H and O–H groups in total. The van der Waals surface area contributed by atoms with Crippen LogP contribution < -0.4 is 5.32 Å². The van der Waals surface area contributed by atoms with Gasteiger partial charge in [-0.1, -0.05) is 17.7 Å². The van der Waals surface area contributed by atoms with Gasteiger partial charge < -0.3 is 10.4 Å². The number of phenolic OH excluding ortho intramolecular Hbond substituents is 1. The van der Waals surface area contributed by atoms with Gasteiger partial charge in [0.25, 0.3) is 0 Å². The standard InChI is InChI=1S/C20H24ClN3O2/c1-13-9-16(18(25)10-14(13)2)12-24-7-5-15(6-8-24)20(26)23-19-4-3-17(21)11-22-19/h3-4,9-11,15,25H,5-8,12H2,1-2H3,(H,22,23,26). The molecule has 138 valence electrons. The number of nitrogens with zero attached hydrogens (tertiary/aromatic N) is 2. The summed E-state index contributed by atoms with van der Waals surface area (Å²) in [5, 5.41) is 13.6. The molecule has 6 heteroatoms. The highest BCUT2D eigenvalue weighted by Gasteiger charge is 2.25. The number of aromatic hydroxyl groups is 1. The van der Waals surface area contributed by atoms with Crippen molar-refractivity contribution in [1.29, 1.82) is 0 Å². The molecule has 0 saturated carbocycles. The van der Waals surface area contributed by atoms with Crippen molar-refractivity contribution in [3.05, 3.63) is 52.2 Å². The van der Waals surface area contributed by atoms with Crippen LogP contribution in [0.2, 0.25) is 5.02 Å². The number of carbonyl (C=O) groups excluding carboxylic acids is 1. The molecule has 1 amide bonds. The first-order valence-electron chi connectivity index (χ1n) is 8.86. The average Bonchev–Trinajstić information content (AvgIpc) is 2.62. The molecule has 3 rings (SSSR count). The van der Waals surface area contributed by atoms with Crippen LogP contribution >= 0.6 is 11.6 Å². The average molecular weight is 374 g/mol. The Morgan fingerprint density at radius 3 is 2.62 bits per heavy atom. The molecular weight excluding hydrogens is 350 g/mol. The van der Waals surface area contributed by atoms with Crippen molar-refractivity contribution in [3.63, 3.8) is 0 Å². The van der Waals surface area contributed by atoms with E-state index in [1.165, 1.54) is 11.8 Å². The second-order valence-corrected chi connectivity index (χ2v) is 7.40. The summed E-state index contributed by atoms with van der Waals surface area (Å²) in [7, 11) is 0. The Morgan fingerprint density at radius 1 is 1.27 bits per heavy atom. The van der Waals surface area contributed by atoms with E-state index in [0.717, 1.165) is 37.1 Å². The van der Waals surface area contributed by atoms with Gasteiger partial charge in [0, 0.05) is 24.2 Å². The Bertz CT molecular complexity index is 784. The number of phenols is 1. The number of amides is 1. The van der Waals surface area contributed by atoms with Crippen LogP contribution in [0.4, 0.5) is 5.82 Å². The third-order valence-corrected chi connectivity index (χ3v) is 5.25. The molecule has 0 bridgehead atoms. The van der Waals surface area contributed by atoms with Crippen molar-refractivity contribution in [2.24, 2.45) is 5.92 Å². The molecule has 1 fully saturated rings. The van der Waals surface area contributed by atoms with Crippen molar-refractivity contribution in [2.45, 2.75) is 33.2 Å². The van der Waals surface area contributed by atoms with Crippen LogP contribution in [0.5, 0.6) is 5.75 Å². The maximum absolute atomic E-state index is 12.4. The van der Waals surface area contributed by atoms with Crippen molar-refractivity contribution in [2.75, 3.05) is 18.4 Å². The van der Waals surface area contributed by atoms with Crippen molar-refractivity contribution in [1.82, 2.24) is 9.88 Å². The van der Waals surface area contributed by atoms with Gasteiger partial charge in [-0.15, -0.1) is 0 Å². The van der Waals surface area contributed by atoms with E-state index in [1.54, 1.807) is 12.1 Å². The van der Waals surface area contributed by atoms with E-state index in [0.29, 0.717) is 23.1 Å². The number of halogens is 1. The van der Waals surface area contributed by atoms with Crippen molar-refractivity contribution >= 4 is 23.3 Å². The molecule has 1 aromatic carbocycles. The van der Waals surface area contributed by atoms with E-state index < -0.39 is 0 Å². The van der Waals surface area contributed by atoms with Gasteiger partial charge in [0.15, 0.2) is 0 Å². The molecule has 2 heterocycles. The quantitative estimate of drug-likeness (QED) is 0.852. The second-order valence-electron chi connectivity index (χ2n) is 6.97. The van der Waals surface area contributed by atoms with Gasteiger partial charge in [0.1, 0.15) is 11.6 Å². The van der Waals surface area contributed by atoms with Gasteiger partial charge in [-0.05, 0) is 69.1 Å². The van der Waals surface area contributed by atoms with Crippen LogP contribution in [0.3, 0.4) is 0 Å². The van der Waals surface area contributed by atoms with E-state index >= 15 is 0 Å². The zero-order chi connectivity index (χ0) is 18.7. The topological polar surface area (TPSA) is 65.5 Å². The summed E-state index contributed by atoms with van der Waals surface area (Å²) >= 11 is 5.81. The first-order valence-corrected chi connectivity index (χ1v) is 9.24. The number of hydrogen-bond acceptors (Lipinski definition) is 4. The van der Waals surface area contributed by atoms with Crippen LogP contribution in [0.1, 0.15) is 29.5 Å². The smallest absolute Gasteiger partial charge is 0.228 e. The molecule has 1 aliphatic heterocycles. The molecule has 1 aromatic heterocycles. The fourth-order valence-corrected chi connectivity index (χ4v) is 3.37. The molecule has 0 radical (unpaired) electrons. The van der Waals surface area contributed by atoms with E-state index in [4.69, 9.17) is 11.6 Å². The molecule has 0 spiro atoms. The zero-order valence-electron chi connectivity index (χ0n) is 15.1. The number of carbonyl (C=O) groups is 1. The lowest BCUT2D eigenvalue weighted by atomic mass is 9.95. The Labute approximate surface area is 159 Å². The largest absolute Gasteiger partial charge is 0.508 e. The fourth-order valence-electron chi connectivity index (χ4n) is 3.26. The number of likely N-dealkylation sites (tertiary alicyclic amines) is 1. The number of nitrogens with one attached hydrogen (secondary N) is 1. The van der Waals surface area contributed by atoms with Gasteiger partial charge in [0.2, 0.25) is 5.91 Å². The minimum absolute atomic E-state index is 0.00787. The molecule has 1 saturated heterocycles. The third kappa shape index (κ3) is 4.54. The van der Waals surface area contributed by atoms with Crippen LogP contribution in [0.25, 0.3) is 0 Å². The molecule has 1 aliphatic rings. The monoisotopic (exact) mass is 373 g/mol. The van der Waals surface area contributed by atoms with Crippen LogP contribution in [-0.2, 0) is 11.3 Å². The first kappa shape index (κ1) is 18.7. The predicted molar refractivity (Wildman–Crippen MR) is 103 cm³/mol. The van der Waals surface area contributed by atoms with E-state index in [-0.39, 0.29) is 11.8 Å². The Morgan fingerprint density at radius 2 is 1.96 bits per heavy atom. The summed E-state index contributed by atoms with van der Waals surface area (Å²) < 4.78 is 0. The highest BCUT2D eigenvalue weighted by Crippen LogP contribution is 2.26. The lowest BCUT2D eigenvalue weighted by molar-refractivity contribution is -0.121. The molecular formula is C20H24ClN3O2. The first-order chi connectivity index (χ1) is 12.4. The number of aromatic nitrogens is 1. The van der Waals surface area contributed by atoms with E-state index in [2.05, 4.69) is 28.2 Å². The van der Waals surface area contributed by atoms with E-state index in [1.807, 2.05) is 13.0 Å². The maximum Gasteiger partial charge on any atom is 0.228 e. The number of aryl methyl sites for hydroxylation is 2. The van der Waals surface area contributed by atoms with Crippen molar-refractivity contribution in [3.8, 4) is 5.75 Å².